The van der Waals surface area contributed by atoms with Crippen LogP contribution in [-0.2, 0) is 9.53 Å². The molecule has 0 saturated carbocycles. The summed E-state index contributed by atoms with van der Waals surface area (Å²) in [6.07, 6.45) is 2.98. The Kier molecular flexibility index (Phi) is 4.93. The minimum Gasteiger partial charge on any atom is -0.469 e. The van der Waals surface area contributed by atoms with Crippen LogP contribution >= 0.6 is 0 Å². The smallest absolute Gasteiger partial charge is 0.307 e. The van der Waals surface area contributed by atoms with Crippen LogP contribution in [0.15, 0.2) is 0 Å². The number of nitrogens with one attached hydrogen (secondary N) is 1. The molecule has 1 fully saturated rings. The van der Waals surface area contributed by atoms with Crippen molar-refractivity contribution in [3.63, 3.8) is 0 Å². The number of hydrogen-bond acceptors (Lipinski definition) is 5. The second-order valence-electron chi connectivity index (χ2n) is 5.63. The second-order valence-corrected chi connectivity index (χ2v) is 5.63. The number of esters is 1. The number of H-pyrrole nitrogens is 1. The highest BCUT2D eigenvalue weighted by Gasteiger charge is 2.31. The molecule has 1 amide bonds. The van der Waals surface area contributed by atoms with Gasteiger partial charge in [0.05, 0.1) is 13.5 Å². The molecule has 1 atom stereocenters. The number of aromatic amines is 1. The number of likely N-dealkylation sites (tertiary alicyclic amines) is 1. The number of aromatic nitrogens is 3. The summed E-state index contributed by atoms with van der Waals surface area (Å²) in [7, 11) is 1.36. The van der Waals surface area contributed by atoms with Crippen LogP contribution < -0.4 is 0 Å². The predicted octanol–water partition coefficient (Wildman–Crippen LogP) is 1.49. The summed E-state index contributed by atoms with van der Waals surface area (Å²) in [4.78, 5) is 30.0. The highest BCUT2D eigenvalue weighted by molar-refractivity contribution is 5.91. The van der Waals surface area contributed by atoms with Gasteiger partial charge in [0.15, 0.2) is 0 Å². The van der Waals surface area contributed by atoms with Gasteiger partial charge in [-0.05, 0) is 19.3 Å². The number of piperidine rings is 1. The Balaban J connectivity index is 2.12. The van der Waals surface area contributed by atoms with Gasteiger partial charge >= 0.3 is 5.97 Å². The first-order valence-electron chi connectivity index (χ1n) is 7.33. The number of carbonyl (C=O) groups excluding carboxylic acids is 2. The molecule has 7 nitrogen and oxygen atoms in total. The molecule has 21 heavy (non-hydrogen) atoms. The normalized spacial score (nSPS) is 18.9. The fourth-order valence-corrected chi connectivity index (χ4v) is 2.51. The van der Waals surface area contributed by atoms with E-state index < -0.39 is 0 Å². The third-order valence-electron chi connectivity index (χ3n) is 3.76. The Labute approximate surface area is 124 Å². The van der Waals surface area contributed by atoms with E-state index in [0.717, 1.165) is 19.3 Å². The van der Waals surface area contributed by atoms with Crippen molar-refractivity contribution < 1.29 is 14.3 Å². The minimum atomic E-state index is -0.294. The summed E-state index contributed by atoms with van der Waals surface area (Å²) < 4.78 is 4.71. The molecule has 1 aliphatic heterocycles. The summed E-state index contributed by atoms with van der Waals surface area (Å²) in [5, 5.41) is 6.79. The topological polar surface area (TPSA) is 88.2 Å². The monoisotopic (exact) mass is 294 g/mol. The van der Waals surface area contributed by atoms with E-state index >= 15 is 0 Å². The quantitative estimate of drug-likeness (QED) is 0.850. The first-order valence-corrected chi connectivity index (χ1v) is 7.33. The van der Waals surface area contributed by atoms with Crippen molar-refractivity contribution in [2.24, 2.45) is 0 Å². The largest absolute Gasteiger partial charge is 0.469 e. The SMILES string of the molecule is COC(=O)CC1CCCCN1C(=O)c1n[nH]c(C(C)C)n1. The summed E-state index contributed by atoms with van der Waals surface area (Å²) >= 11 is 0. The molecular formula is C14H22N4O3. The van der Waals surface area contributed by atoms with Gasteiger partial charge in [-0.25, -0.2) is 4.98 Å². The molecule has 7 heteroatoms. The molecule has 1 unspecified atom stereocenters. The van der Waals surface area contributed by atoms with Crippen LogP contribution in [0.5, 0.6) is 0 Å². The van der Waals surface area contributed by atoms with E-state index in [4.69, 9.17) is 4.74 Å². The van der Waals surface area contributed by atoms with E-state index in [-0.39, 0.29) is 36.1 Å². The van der Waals surface area contributed by atoms with Crippen molar-refractivity contribution in [2.45, 2.75) is 51.5 Å². The molecule has 1 N–H and O–H groups in total. The number of nitrogens with zero attached hydrogens (tertiary/aromatic N) is 3. The van der Waals surface area contributed by atoms with Crippen molar-refractivity contribution in [3.8, 4) is 0 Å². The van der Waals surface area contributed by atoms with Gasteiger partial charge in [-0.15, -0.1) is 5.10 Å². The molecule has 1 aromatic rings. The first kappa shape index (κ1) is 15.5. The lowest BCUT2D eigenvalue weighted by atomic mass is 9.99. The molecule has 0 aromatic carbocycles. The minimum absolute atomic E-state index is 0.125. The van der Waals surface area contributed by atoms with Gasteiger partial charge in [-0.1, -0.05) is 13.8 Å². The van der Waals surface area contributed by atoms with Crippen molar-refractivity contribution in [1.82, 2.24) is 20.1 Å². The molecule has 1 saturated heterocycles. The van der Waals surface area contributed by atoms with Crippen LogP contribution in [0.3, 0.4) is 0 Å². The fourth-order valence-electron chi connectivity index (χ4n) is 2.51. The average molecular weight is 294 g/mol. The predicted molar refractivity (Wildman–Crippen MR) is 75.8 cm³/mol. The van der Waals surface area contributed by atoms with E-state index in [1.54, 1.807) is 4.90 Å². The Morgan fingerprint density at radius 1 is 1.43 bits per heavy atom. The van der Waals surface area contributed by atoms with Crippen LogP contribution in [-0.4, -0.2) is 51.7 Å². The van der Waals surface area contributed by atoms with Gasteiger partial charge in [0.1, 0.15) is 5.82 Å². The average Bonchev–Trinajstić information content (AvgIpc) is 2.97. The van der Waals surface area contributed by atoms with Crippen LogP contribution in [0.25, 0.3) is 0 Å². The van der Waals surface area contributed by atoms with Gasteiger partial charge in [-0.2, -0.15) is 0 Å². The number of carbonyl (C=O) groups is 2. The number of hydrogen-bond donors (Lipinski definition) is 1. The zero-order chi connectivity index (χ0) is 15.4. The van der Waals surface area contributed by atoms with Gasteiger partial charge in [0.2, 0.25) is 5.82 Å². The van der Waals surface area contributed by atoms with Crippen molar-refractivity contribution in [3.05, 3.63) is 11.6 Å². The molecule has 0 bridgehead atoms. The number of methoxy groups -OCH3 is 1. The molecular weight excluding hydrogens is 272 g/mol. The Bertz CT molecular complexity index is 512. The number of ether oxygens (including phenoxy) is 1. The van der Waals surface area contributed by atoms with E-state index in [1.165, 1.54) is 7.11 Å². The summed E-state index contributed by atoms with van der Waals surface area (Å²) in [5.74, 6) is 0.547. The Morgan fingerprint density at radius 2 is 2.19 bits per heavy atom. The zero-order valence-electron chi connectivity index (χ0n) is 12.8. The zero-order valence-corrected chi connectivity index (χ0v) is 12.8. The van der Waals surface area contributed by atoms with Crippen LogP contribution in [0, 0.1) is 0 Å². The molecule has 1 aromatic heterocycles. The van der Waals surface area contributed by atoms with Crippen LogP contribution in [0.2, 0.25) is 0 Å². The van der Waals surface area contributed by atoms with E-state index in [0.29, 0.717) is 12.4 Å². The standard InChI is InChI=1S/C14H22N4O3/c1-9(2)12-15-13(17-16-12)14(20)18-7-5-4-6-10(18)8-11(19)21-3/h9-10H,4-8H2,1-3H3,(H,15,16,17). The Morgan fingerprint density at radius 3 is 2.81 bits per heavy atom. The first-order chi connectivity index (χ1) is 10.0. The Hall–Kier alpha value is -1.92. The van der Waals surface area contributed by atoms with Crippen molar-refractivity contribution in [2.75, 3.05) is 13.7 Å². The van der Waals surface area contributed by atoms with Crippen molar-refractivity contribution in [1.29, 1.82) is 0 Å². The second kappa shape index (κ2) is 6.69. The number of rotatable bonds is 4. The lowest BCUT2D eigenvalue weighted by Gasteiger charge is -2.34. The third kappa shape index (κ3) is 3.59. The maximum absolute atomic E-state index is 12.5. The highest BCUT2D eigenvalue weighted by Crippen LogP contribution is 2.22. The van der Waals surface area contributed by atoms with Crippen LogP contribution in [0.1, 0.15) is 61.9 Å². The summed E-state index contributed by atoms with van der Waals surface area (Å²) in [5.41, 5.74) is 0. The molecule has 0 aliphatic carbocycles. The summed E-state index contributed by atoms with van der Waals surface area (Å²) in [6.45, 7) is 4.59. The van der Waals surface area contributed by atoms with E-state index in [9.17, 15) is 9.59 Å². The molecule has 2 heterocycles. The van der Waals surface area contributed by atoms with Gasteiger partial charge in [-0.3, -0.25) is 14.7 Å². The van der Waals surface area contributed by atoms with Gasteiger partial charge in [0.25, 0.3) is 5.91 Å². The maximum atomic E-state index is 12.5. The number of amides is 1. The molecule has 2 rings (SSSR count). The van der Waals surface area contributed by atoms with Crippen LogP contribution in [0.4, 0.5) is 0 Å². The molecule has 116 valence electrons. The molecule has 1 aliphatic rings. The van der Waals surface area contributed by atoms with Gasteiger partial charge < -0.3 is 9.64 Å². The van der Waals surface area contributed by atoms with Gasteiger partial charge in [0, 0.05) is 18.5 Å². The fraction of sp³-hybridized carbons (Fsp3) is 0.714. The lowest BCUT2D eigenvalue weighted by molar-refractivity contribution is -0.142. The molecule has 0 spiro atoms. The third-order valence-corrected chi connectivity index (χ3v) is 3.76. The van der Waals surface area contributed by atoms with E-state index in [2.05, 4.69) is 15.2 Å². The molecule has 0 radical (unpaired) electrons. The highest BCUT2D eigenvalue weighted by atomic mass is 16.5. The van der Waals surface area contributed by atoms with E-state index in [1.807, 2.05) is 13.8 Å². The van der Waals surface area contributed by atoms with Crippen molar-refractivity contribution >= 4 is 11.9 Å². The lowest BCUT2D eigenvalue weighted by Crippen LogP contribution is -2.45. The maximum Gasteiger partial charge on any atom is 0.307 e. The summed E-state index contributed by atoms with van der Waals surface area (Å²) in [6, 6.07) is -0.125.